The molecule has 0 heterocycles. The number of aliphatic hydroxyl groups is 2. The lowest BCUT2D eigenvalue weighted by Gasteiger charge is -2.00. The topological polar surface area (TPSA) is 40.5 Å². The van der Waals surface area contributed by atoms with Crippen molar-refractivity contribution in [2.75, 3.05) is 0 Å². The van der Waals surface area contributed by atoms with Crippen LogP contribution in [0.5, 0.6) is 0 Å². The van der Waals surface area contributed by atoms with Gasteiger partial charge in [0.1, 0.15) is 5.82 Å². The van der Waals surface area contributed by atoms with Crippen molar-refractivity contribution in [3.05, 3.63) is 35.6 Å². The Balaban J connectivity index is 2.89. The van der Waals surface area contributed by atoms with Crippen LogP contribution >= 0.6 is 0 Å². The van der Waals surface area contributed by atoms with Crippen LogP contribution in [0.4, 0.5) is 4.39 Å². The second-order valence-electron chi connectivity index (χ2n) is 1.93. The first-order chi connectivity index (χ1) is 4.70. The van der Waals surface area contributed by atoms with Crippen LogP contribution in [0, 0.1) is 5.82 Å². The summed E-state index contributed by atoms with van der Waals surface area (Å²) in [6, 6.07) is 4.99. The molecule has 0 aromatic heterocycles. The van der Waals surface area contributed by atoms with Crippen LogP contribution < -0.4 is 0 Å². The summed E-state index contributed by atoms with van der Waals surface area (Å²) < 4.78 is 12.2. The minimum Gasteiger partial charge on any atom is -0.364 e. The predicted molar refractivity (Wildman–Crippen MR) is 33.6 cm³/mol. The lowest BCUT2D eigenvalue weighted by molar-refractivity contribution is -0.0425. The van der Waals surface area contributed by atoms with E-state index in [4.69, 9.17) is 10.2 Å². The number of benzene rings is 1. The third-order valence-electron chi connectivity index (χ3n) is 1.17. The first-order valence-electron chi connectivity index (χ1n) is 2.82. The molecular formula is C7H7FO2. The summed E-state index contributed by atoms with van der Waals surface area (Å²) in [5.74, 6) is -0.385. The molecule has 0 spiro atoms. The van der Waals surface area contributed by atoms with Crippen LogP contribution in [-0.4, -0.2) is 10.2 Å². The smallest absolute Gasteiger partial charge is 0.178 e. The molecule has 2 nitrogen and oxygen atoms in total. The van der Waals surface area contributed by atoms with Gasteiger partial charge >= 0.3 is 0 Å². The van der Waals surface area contributed by atoms with E-state index in [9.17, 15) is 4.39 Å². The second kappa shape index (κ2) is 2.77. The lowest BCUT2D eigenvalue weighted by Crippen LogP contribution is -1.93. The van der Waals surface area contributed by atoms with E-state index in [0.29, 0.717) is 5.56 Å². The molecule has 0 unspecified atom stereocenters. The Kier molecular flexibility index (Phi) is 1.99. The quantitative estimate of drug-likeness (QED) is 0.569. The molecule has 0 amide bonds. The van der Waals surface area contributed by atoms with Crippen LogP contribution in [0.25, 0.3) is 0 Å². The van der Waals surface area contributed by atoms with Gasteiger partial charge in [0.15, 0.2) is 6.29 Å². The average molecular weight is 142 g/mol. The highest BCUT2D eigenvalue weighted by Gasteiger charge is 1.99. The average Bonchev–Trinajstić information content (AvgIpc) is 1.88. The highest BCUT2D eigenvalue weighted by Crippen LogP contribution is 2.09. The van der Waals surface area contributed by atoms with Gasteiger partial charge in [-0.3, -0.25) is 0 Å². The molecular weight excluding hydrogens is 135 g/mol. The molecule has 0 saturated carbocycles. The molecule has 0 bridgehead atoms. The predicted octanol–water partition coefficient (Wildman–Crippen LogP) is 0.809. The molecule has 0 saturated heterocycles. The van der Waals surface area contributed by atoms with Gasteiger partial charge < -0.3 is 10.2 Å². The van der Waals surface area contributed by atoms with Crippen LogP contribution in [-0.2, 0) is 0 Å². The van der Waals surface area contributed by atoms with E-state index in [1.807, 2.05) is 0 Å². The van der Waals surface area contributed by atoms with Gasteiger partial charge in [0.05, 0.1) is 0 Å². The summed E-state index contributed by atoms with van der Waals surface area (Å²) in [7, 11) is 0. The van der Waals surface area contributed by atoms with Crippen molar-refractivity contribution in [1.82, 2.24) is 0 Å². The largest absolute Gasteiger partial charge is 0.364 e. The Morgan fingerprint density at radius 1 is 1.10 bits per heavy atom. The summed E-state index contributed by atoms with van der Waals surface area (Å²) in [5.41, 5.74) is 0.293. The molecule has 0 aliphatic heterocycles. The Bertz CT molecular complexity index is 205. The molecule has 0 radical (unpaired) electrons. The maximum absolute atomic E-state index is 12.2. The molecule has 0 fully saturated rings. The van der Waals surface area contributed by atoms with E-state index in [1.54, 1.807) is 0 Å². The maximum atomic E-state index is 12.2. The fraction of sp³-hybridized carbons (Fsp3) is 0.143. The summed E-state index contributed by atoms with van der Waals surface area (Å²) in [6.07, 6.45) is -1.51. The van der Waals surface area contributed by atoms with E-state index in [-0.39, 0.29) is 5.82 Å². The molecule has 2 N–H and O–H groups in total. The Labute approximate surface area is 57.6 Å². The summed E-state index contributed by atoms with van der Waals surface area (Å²) >= 11 is 0. The van der Waals surface area contributed by atoms with E-state index < -0.39 is 6.29 Å². The fourth-order valence-corrected chi connectivity index (χ4v) is 0.635. The number of hydrogen-bond acceptors (Lipinski definition) is 2. The number of aliphatic hydroxyl groups excluding tert-OH is 1. The van der Waals surface area contributed by atoms with Gasteiger partial charge in [-0.25, -0.2) is 4.39 Å². The van der Waals surface area contributed by atoms with Crippen molar-refractivity contribution in [1.29, 1.82) is 0 Å². The van der Waals surface area contributed by atoms with E-state index in [0.717, 1.165) is 0 Å². The zero-order chi connectivity index (χ0) is 7.56. The molecule has 0 atom stereocenters. The minimum atomic E-state index is -1.51. The molecule has 10 heavy (non-hydrogen) atoms. The minimum absolute atomic E-state index is 0.293. The maximum Gasteiger partial charge on any atom is 0.178 e. The first kappa shape index (κ1) is 7.18. The molecule has 1 aromatic rings. The Morgan fingerprint density at radius 2 is 1.60 bits per heavy atom. The number of rotatable bonds is 1. The van der Waals surface area contributed by atoms with Gasteiger partial charge in [0, 0.05) is 5.56 Å². The molecule has 1 rings (SSSR count). The van der Waals surface area contributed by atoms with Crippen LogP contribution in [0.15, 0.2) is 24.3 Å². The van der Waals surface area contributed by atoms with E-state index >= 15 is 0 Å². The highest BCUT2D eigenvalue weighted by molar-refractivity contribution is 5.16. The molecule has 3 heteroatoms. The van der Waals surface area contributed by atoms with Gasteiger partial charge in [-0.2, -0.15) is 0 Å². The Morgan fingerprint density at radius 3 is 2.00 bits per heavy atom. The fourth-order valence-electron chi connectivity index (χ4n) is 0.635. The molecule has 0 aliphatic carbocycles. The zero-order valence-electron chi connectivity index (χ0n) is 5.16. The number of halogens is 1. The summed E-state index contributed by atoms with van der Waals surface area (Å²) in [6.45, 7) is 0. The van der Waals surface area contributed by atoms with Crippen LogP contribution in [0.3, 0.4) is 0 Å². The standard InChI is InChI=1S/C7H7FO2/c8-6-3-1-5(2-4-6)7(9)10/h1-4,7,9-10H. The normalized spacial score (nSPS) is 10.4. The van der Waals surface area contributed by atoms with Crippen molar-refractivity contribution in [3.8, 4) is 0 Å². The summed E-state index contributed by atoms with van der Waals surface area (Å²) in [5, 5.41) is 17.1. The van der Waals surface area contributed by atoms with Crippen molar-refractivity contribution < 1.29 is 14.6 Å². The van der Waals surface area contributed by atoms with Crippen LogP contribution in [0.1, 0.15) is 11.9 Å². The van der Waals surface area contributed by atoms with Gasteiger partial charge in [0.25, 0.3) is 0 Å². The molecule has 1 aromatic carbocycles. The van der Waals surface area contributed by atoms with Crippen molar-refractivity contribution >= 4 is 0 Å². The van der Waals surface area contributed by atoms with Gasteiger partial charge in [0.2, 0.25) is 0 Å². The van der Waals surface area contributed by atoms with Crippen molar-refractivity contribution in [3.63, 3.8) is 0 Å². The lowest BCUT2D eigenvalue weighted by atomic mass is 10.2. The second-order valence-corrected chi connectivity index (χ2v) is 1.93. The third-order valence-corrected chi connectivity index (χ3v) is 1.17. The third kappa shape index (κ3) is 1.52. The van der Waals surface area contributed by atoms with Crippen molar-refractivity contribution in [2.24, 2.45) is 0 Å². The van der Waals surface area contributed by atoms with Gasteiger partial charge in [-0.1, -0.05) is 12.1 Å². The summed E-state index contributed by atoms with van der Waals surface area (Å²) in [4.78, 5) is 0. The van der Waals surface area contributed by atoms with Gasteiger partial charge in [-0.15, -0.1) is 0 Å². The van der Waals surface area contributed by atoms with Gasteiger partial charge in [-0.05, 0) is 12.1 Å². The van der Waals surface area contributed by atoms with E-state index in [2.05, 4.69) is 0 Å². The van der Waals surface area contributed by atoms with Crippen LogP contribution in [0.2, 0.25) is 0 Å². The highest BCUT2D eigenvalue weighted by atomic mass is 19.1. The zero-order valence-corrected chi connectivity index (χ0v) is 5.16. The van der Waals surface area contributed by atoms with E-state index in [1.165, 1.54) is 24.3 Å². The SMILES string of the molecule is OC(O)c1ccc(F)cc1. The number of hydrogen-bond donors (Lipinski definition) is 2. The molecule has 0 aliphatic rings. The monoisotopic (exact) mass is 142 g/mol. The Hall–Kier alpha value is -0.930. The first-order valence-corrected chi connectivity index (χ1v) is 2.82. The van der Waals surface area contributed by atoms with Crippen molar-refractivity contribution in [2.45, 2.75) is 6.29 Å². The molecule has 54 valence electrons.